The standard InChI is InChI=1S/C21H25N3O2S/c1-15-19(17-7-5-13-26-17)16(2)24(23-15)12-11-22-20(25)21(9-3-4-10-21)18-8-6-14-27-18/h5-8,13-14H,3-4,9-12H2,1-2H3,(H,22,25). The normalized spacial score (nSPS) is 15.9. The van der Waals surface area contributed by atoms with Gasteiger partial charge in [0.1, 0.15) is 5.76 Å². The fourth-order valence-corrected chi connectivity index (χ4v) is 5.23. The van der Waals surface area contributed by atoms with E-state index in [1.54, 1.807) is 17.6 Å². The van der Waals surface area contributed by atoms with Crippen LogP contribution < -0.4 is 5.32 Å². The molecule has 1 amide bonds. The van der Waals surface area contributed by atoms with Crippen LogP contribution in [0.25, 0.3) is 11.3 Å². The fraction of sp³-hybridized carbons (Fsp3) is 0.429. The molecule has 0 radical (unpaired) electrons. The Morgan fingerprint density at radius 1 is 1.30 bits per heavy atom. The van der Waals surface area contributed by atoms with E-state index in [4.69, 9.17) is 4.42 Å². The van der Waals surface area contributed by atoms with Gasteiger partial charge in [-0.05, 0) is 50.3 Å². The van der Waals surface area contributed by atoms with Crippen molar-refractivity contribution in [3.05, 3.63) is 52.2 Å². The summed E-state index contributed by atoms with van der Waals surface area (Å²) in [7, 11) is 0. The molecule has 3 aromatic rings. The maximum Gasteiger partial charge on any atom is 0.231 e. The lowest BCUT2D eigenvalue weighted by Crippen LogP contribution is -2.43. The smallest absolute Gasteiger partial charge is 0.231 e. The molecule has 0 saturated heterocycles. The lowest BCUT2D eigenvalue weighted by atomic mass is 9.83. The quantitative estimate of drug-likeness (QED) is 0.684. The third-order valence-corrected chi connectivity index (χ3v) is 6.72. The lowest BCUT2D eigenvalue weighted by Gasteiger charge is -2.26. The molecule has 1 N–H and O–H groups in total. The summed E-state index contributed by atoms with van der Waals surface area (Å²) < 4.78 is 7.50. The Morgan fingerprint density at radius 3 is 2.78 bits per heavy atom. The van der Waals surface area contributed by atoms with Crippen LogP contribution in [0.1, 0.15) is 41.9 Å². The minimum Gasteiger partial charge on any atom is -0.464 e. The number of amides is 1. The Labute approximate surface area is 163 Å². The second kappa shape index (κ2) is 7.35. The van der Waals surface area contributed by atoms with Crippen LogP contribution in [-0.4, -0.2) is 22.2 Å². The Kier molecular flexibility index (Phi) is 4.91. The minimum atomic E-state index is -0.331. The van der Waals surface area contributed by atoms with E-state index in [1.165, 1.54) is 4.88 Å². The van der Waals surface area contributed by atoms with Gasteiger partial charge in [-0.3, -0.25) is 9.48 Å². The number of thiophene rings is 1. The van der Waals surface area contributed by atoms with Crippen LogP contribution in [0.2, 0.25) is 0 Å². The summed E-state index contributed by atoms with van der Waals surface area (Å²) >= 11 is 1.69. The number of hydrogen-bond acceptors (Lipinski definition) is 4. The molecular weight excluding hydrogens is 358 g/mol. The predicted octanol–water partition coefficient (Wildman–Crippen LogP) is 4.45. The number of nitrogens with one attached hydrogen (secondary N) is 1. The first kappa shape index (κ1) is 18.0. The highest BCUT2D eigenvalue weighted by Crippen LogP contribution is 2.43. The van der Waals surface area contributed by atoms with Crippen molar-refractivity contribution >= 4 is 17.2 Å². The van der Waals surface area contributed by atoms with Crippen molar-refractivity contribution in [3.8, 4) is 11.3 Å². The first-order valence-electron chi connectivity index (χ1n) is 9.52. The summed E-state index contributed by atoms with van der Waals surface area (Å²) in [6.07, 6.45) is 5.81. The van der Waals surface area contributed by atoms with Crippen molar-refractivity contribution in [2.75, 3.05) is 6.54 Å². The summed E-state index contributed by atoms with van der Waals surface area (Å²) in [5, 5.41) is 9.88. The summed E-state index contributed by atoms with van der Waals surface area (Å²) in [5.41, 5.74) is 2.71. The molecular formula is C21H25N3O2S. The zero-order valence-electron chi connectivity index (χ0n) is 15.8. The van der Waals surface area contributed by atoms with Gasteiger partial charge in [0.25, 0.3) is 0 Å². The van der Waals surface area contributed by atoms with Crippen molar-refractivity contribution in [2.45, 2.75) is 51.5 Å². The molecule has 0 spiro atoms. The monoisotopic (exact) mass is 383 g/mol. The van der Waals surface area contributed by atoms with Gasteiger partial charge >= 0.3 is 0 Å². The Morgan fingerprint density at radius 2 is 2.11 bits per heavy atom. The Hall–Kier alpha value is -2.34. The van der Waals surface area contributed by atoms with Crippen molar-refractivity contribution in [1.29, 1.82) is 0 Å². The highest BCUT2D eigenvalue weighted by molar-refractivity contribution is 7.10. The van der Waals surface area contributed by atoms with Crippen molar-refractivity contribution in [1.82, 2.24) is 15.1 Å². The van der Waals surface area contributed by atoms with Crippen molar-refractivity contribution in [2.24, 2.45) is 0 Å². The highest BCUT2D eigenvalue weighted by Gasteiger charge is 2.43. The van der Waals surface area contributed by atoms with Gasteiger partial charge in [-0.2, -0.15) is 5.10 Å². The molecule has 27 heavy (non-hydrogen) atoms. The van der Waals surface area contributed by atoms with Gasteiger partial charge in [-0.25, -0.2) is 0 Å². The molecule has 0 aromatic carbocycles. The SMILES string of the molecule is Cc1nn(CCNC(=O)C2(c3cccs3)CCCC2)c(C)c1-c1ccco1. The molecule has 1 fully saturated rings. The van der Waals surface area contributed by atoms with Crippen molar-refractivity contribution < 1.29 is 9.21 Å². The van der Waals surface area contributed by atoms with Gasteiger partial charge in [-0.1, -0.05) is 18.9 Å². The highest BCUT2D eigenvalue weighted by atomic mass is 32.1. The van der Waals surface area contributed by atoms with E-state index >= 15 is 0 Å². The van der Waals surface area contributed by atoms with E-state index in [2.05, 4.69) is 21.9 Å². The van der Waals surface area contributed by atoms with Crippen LogP contribution >= 0.6 is 11.3 Å². The van der Waals surface area contributed by atoms with Gasteiger partial charge in [0.05, 0.1) is 29.5 Å². The molecule has 1 saturated carbocycles. The second-order valence-corrected chi connectivity index (χ2v) is 8.22. The first-order chi connectivity index (χ1) is 13.1. The Balaban J connectivity index is 1.44. The number of furan rings is 1. The molecule has 0 bridgehead atoms. The lowest BCUT2D eigenvalue weighted by molar-refractivity contribution is -0.126. The molecule has 3 heterocycles. The minimum absolute atomic E-state index is 0.162. The number of carbonyl (C=O) groups excluding carboxylic acids is 1. The molecule has 3 aromatic heterocycles. The third kappa shape index (κ3) is 3.23. The van der Waals surface area contributed by atoms with Gasteiger partial charge in [0.2, 0.25) is 5.91 Å². The van der Waals surface area contributed by atoms with Gasteiger partial charge in [-0.15, -0.1) is 11.3 Å². The zero-order valence-corrected chi connectivity index (χ0v) is 16.6. The maximum atomic E-state index is 13.1. The van der Waals surface area contributed by atoms with E-state index in [0.717, 1.165) is 48.4 Å². The van der Waals surface area contributed by atoms with E-state index in [0.29, 0.717) is 13.1 Å². The number of aromatic nitrogens is 2. The number of aryl methyl sites for hydroxylation is 1. The fourth-order valence-electron chi connectivity index (χ4n) is 4.25. The van der Waals surface area contributed by atoms with Crippen LogP contribution in [-0.2, 0) is 16.8 Å². The first-order valence-corrected chi connectivity index (χ1v) is 10.4. The number of carbonyl (C=O) groups is 1. The zero-order chi connectivity index (χ0) is 18.9. The number of rotatable bonds is 6. The molecule has 6 heteroatoms. The predicted molar refractivity (Wildman–Crippen MR) is 107 cm³/mol. The Bertz CT molecular complexity index is 904. The van der Waals surface area contributed by atoms with E-state index in [1.807, 2.05) is 36.7 Å². The second-order valence-electron chi connectivity index (χ2n) is 7.27. The van der Waals surface area contributed by atoms with Crippen LogP contribution in [0.5, 0.6) is 0 Å². The van der Waals surface area contributed by atoms with Crippen molar-refractivity contribution in [3.63, 3.8) is 0 Å². The molecule has 1 aliphatic carbocycles. The third-order valence-electron chi connectivity index (χ3n) is 5.64. The average molecular weight is 384 g/mol. The molecule has 4 rings (SSSR count). The molecule has 5 nitrogen and oxygen atoms in total. The number of nitrogens with zero attached hydrogens (tertiary/aromatic N) is 2. The summed E-state index contributed by atoms with van der Waals surface area (Å²) in [6, 6.07) is 7.98. The largest absolute Gasteiger partial charge is 0.464 e. The molecule has 142 valence electrons. The van der Waals surface area contributed by atoms with E-state index in [-0.39, 0.29) is 11.3 Å². The van der Waals surface area contributed by atoms with E-state index in [9.17, 15) is 4.79 Å². The maximum absolute atomic E-state index is 13.1. The van der Waals surface area contributed by atoms with Crippen LogP contribution in [0.4, 0.5) is 0 Å². The molecule has 0 unspecified atom stereocenters. The summed E-state index contributed by atoms with van der Waals surface area (Å²) in [6.45, 7) is 5.26. The van der Waals surface area contributed by atoms with Crippen LogP contribution in [0.3, 0.4) is 0 Å². The van der Waals surface area contributed by atoms with Crippen LogP contribution in [0, 0.1) is 13.8 Å². The topological polar surface area (TPSA) is 60.1 Å². The summed E-state index contributed by atoms with van der Waals surface area (Å²) in [5.74, 6) is 0.998. The van der Waals surface area contributed by atoms with Crippen LogP contribution in [0.15, 0.2) is 40.3 Å². The average Bonchev–Trinajstić information content (AvgIpc) is 3.44. The molecule has 0 aliphatic heterocycles. The van der Waals surface area contributed by atoms with E-state index < -0.39 is 0 Å². The van der Waals surface area contributed by atoms with Gasteiger partial charge in [0, 0.05) is 17.1 Å². The summed E-state index contributed by atoms with van der Waals surface area (Å²) in [4.78, 5) is 14.2. The number of hydrogen-bond donors (Lipinski definition) is 1. The van der Waals surface area contributed by atoms with Gasteiger partial charge in [0.15, 0.2) is 0 Å². The molecule has 0 atom stereocenters. The molecule has 1 aliphatic rings. The van der Waals surface area contributed by atoms with Gasteiger partial charge < -0.3 is 9.73 Å².